The minimum atomic E-state index is 0.657. The molecule has 1 heterocycles. The molecule has 0 aliphatic carbocycles. The van der Waals surface area contributed by atoms with Crippen molar-refractivity contribution < 1.29 is 0 Å². The number of hydrogen-bond acceptors (Lipinski definition) is 3. The van der Waals surface area contributed by atoms with E-state index in [-0.39, 0.29) is 0 Å². The van der Waals surface area contributed by atoms with Crippen molar-refractivity contribution in [3.63, 3.8) is 0 Å². The van der Waals surface area contributed by atoms with Crippen LogP contribution in [-0.2, 0) is 6.42 Å². The third-order valence-corrected chi connectivity index (χ3v) is 3.34. The molecule has 0 spiro atoms. The first kappa shape index (κ1) is 15.1. The Morgan fingerprint density at radius 1 is 1.17 bits per heavy atom. The zero-order valence-corrected chi connectivity index (χ0v) is 12.0. The second-order valence-corrected chi connectivity index (χ2v) is 5.14. The van der Waals surface area contributed by atoms with Gasteiger partial charge in [-0.05, 0) is 77.5 Å². The summed E-state index contributed by atoms with van der Waals surface area (Å²) in [5, 5.41) is 3.50. The molecule has 0 radical (unpaired) electrons. The van der Waals surface area contributed by atoms with E-state index in [1.54, 1.807) is 0 Å². The highest BCUT2D eigenvalue weighted by atomic mass is 15.1. The van der Waals surface area contributed by atoms with Gasteiger partial charge in [0.1, 0.15) is 0 Å². The number of pyridine rings is 1. The average Bonchev–Trinajstić information content (AvgIpc) is 2.38. The Bertz CT molecular complexity index is 298. The minimum absolute atomic E-state index is 0.657. The van der Waals surface area contributed by atoms with Gasteiger partial charge in [0.15, 0.2) is 0 Å². The van der Waals surface area contributed by atoms with Crippen molar-refractivity contribution in [1.82, 2.24) is 15.2 Å². The van der Waals surface area contributed by atoms with E-state index < -0.39 is 0 Å². The molecule has 0 unspecified atom stereocenters. The monoisotopic (exact) mass is 249 g/mol. The topological polar surface area (TPSA) is 28.2 Å². The molecular formula is C15H27N3. The second kappa shape index (κ2) is 9.06. The number of aromatic nitrogens is 1. The molecule has 0 saturated carbocycles. The normalized spacial score (nSPS) is 11.4. The van der Waals surface area contributed by atoms with Crippen molar-refractivity contribution in [2.45, 2.75) is 39.2 Å². The number of nitrogens with one attached hydrogen (secondary N) is 1. The molecule has 0 amide bonds. The highest BCUT2D eigenvalue weighted by Crippen LogP contribution is 1.98. The zero-order valence-electron chi connectivity index (χ0n) is 12.0. The fraction of sp³-hybridized carbons (Fsp3) is 0.667. The van der Waals surface area contributed by atoms with Crippen LogP contribution in [0, 0.1) is 0 Å². The molecule has 0 atom stereocenters. The summed E-state index contributed by atoms with van der Waals surface area (Å²) >= 11 is 0. The molecule has 0 bridgehead atoms. The van der Waals surface area contributed by atoms with Crippen LogP contribution in [0.3, 0.4) is 0 Å². The molecule has 3 nitrogen and oxygen atoms in total. The van der Waals surface area contributed by atoms with Gasteiger partial charge in [-0.15, -0.1) is 0 Å². The summed E-state index contributed by atoms with van der Waals surface area (Å²) < 4.78 is 0. The van der Waals surface area contributed by atoms with E-state index in [0.717, 1.165) is 19.5 Å². The van der Waals surface area contributed by atoms with Crippen molar-refractivity contribution in [3.8, 4) is 0 Å². The maximum atomic E-state index is 4.02. The molecule has 3 heteroatoms. The molecule has 0 aliphatic rings. The molecule has 102 valence electrons. The predicted octanol–water partition coefficient (Wildman–Crippen LogP) is 2.33. The summed E-state index contributed by atoms with van der Waals surface area (Å²) in [4.78, 5) is 6.42. The van der Waals surface area contributed by atoms with Gasteiger partial charge in [0.2, 0.25) is 0 Å². The maximum absolute atomic E-state index is 4.02. The maximum Gasteiger partial charge on any atom is 0.0270 e. The summed E-state index contributed by atoms with van der Waals surface area (Å²) in [6, 6.07) is 4.82. The van der Waals surface area contributed by atoms with Crippen LogP contribution in [0.1, 0.15) is 32.3 Å². The lowest BCUT2D eigenvalue weighted by Crippen LogP contribution is -2.28. The van der Waals surface area contributed by atoms with Crippen molar-refractivity contribution in [2.75, 3.05) is 26.7 Å². The fourth-order valence-electron chi connectivity index (χ4n) is 1.78. The van der Waals surface area contributed by atoms with Crippen LogP contribution in [0.25, 0.3) is 0 Å². The van der Waals surface area contributed by atoms with Crippen molar-refractivity contribution >= 4 is 0 Å². The largest absolute Gasteiger partial charge is 0.316 e. The van der Waals surface area contributed by atoms with Gasteiger partial charge in [0.25, 0.3) is 0 Å². The lowest BCUT2D eigenvalue weighted by Gasteiger charge is -2.20. The SMILES string of the molecule is CC(C)N(C)CCCCNCCc1ccncc1. The Kier molecular flexibility index (Phi) is 7.62. The van der Waals surface area contributed by atoms with Crippen molar-refractivity contribution in [1.29, 1.82) is 0 Å². The molecule has 0 aliphatic heterocycles. The van der Waals surface area contributed by atoms with Crippen LogP contribution in [0.15, 0.2) is 24.5 Å². The van der Waals surface area contributed by atoms with E-state index in [4.69, 9.17) is 0 Å². The van der Waals surface area contributed by atoms with E-state index in [0.29, 0.717) is 6.04 Å². The van der Waals surface area contributed by atoms with Gasteiger partial charge in [0, 0.05) is 18.4 Å². The summed E-state index contributed by atoms with van der Waals surface area (Å²) in [5.41, 5.74) is 1.36. The van der Waals surface area contributed by atoms with Gasteiger partial charge in [-0.2, -0.15) is 0 Å². The highest BCUT2D eigenvalue weighted by Gasteiger charge is 2.01. The Morgan fingerprint density at radius 2 is 1.89 bits per heavy atom. The van der Waals surface area contributed by atoms with E-state index >= 15 is 0 Å². The van der Waals surface area contributed by atoms with E-state index in [2.05, 4.69) is 48.2 Å². The summed E-state index contributed by atoms with van der Waals surface area (Å²) in [7, 11) is 2.20. The lowest BCUT2D eigenvalue weighted by atomic mass is 10.2. The van der Waals surface area contributed by atoms with Gasteiger partial charge in [-0.25, -0.2) is 0 Å². The number of nitrogens with zero attached hydrogens (tertiary/aromatic N) is 2. The minimum Gasteiger partial charge on any atom is -0.316 e. The van der Waals surface area contributed by atoms with Crippen molar-refractivity contribution in [3.05, 3.63) is 30.1 Å². The Labute approximate surface area is 112 Å². The summed E-state index contributed by atoms with van der Waals surface area (Å²) in [5.74, 6) is 0. The molecule has 18 heavy (non-hydrogen) atoms. The van der Waals surface area contributed by atoms with Gasteiger partial charge < -0.3 is 10.2 Å². The van der Waals surface area contributed by atoms with Crippen LogP contribution in [0.5, 0.6) is 0 Å². The first-order chi connectivity index (χ1) is 8.70. The van der Waals surface area contributed by atoms with Crippen LogP contribution in [0.2, 0.25) is 0 Å². The van der Waals surface area contributed by atoms with Crippen molar-refractivity contribution in [2.24, 2.45) is 0 Å². The average molecular weight is 249 g/mol. The summed E-state index contributed by atoms with van der Waals surface area (Å²) in [6.45, 7) is 7.87. The second-order valence-electron chi connectivity index (χ2n) is 5.14. The van der Waals surface area contributed by atoms with Gasteiger partial charge in [0.05, 0.1) is 0 Å². The third kappa shape index (κ3) is 6.72. The van der Waals surface area contributed by atoms with E-state index in [9.17, 15) is 0 Å². The lowest BCUT2D eigenvalue weighted by molar-refractivity contribution is 0.268. The molecule has 1 aromatic rings. The molecule has 1 N–H and O–H groups in total. The first-order valence-electron chi connectivity index (χ1n) is 7.00. The standard InChI is InChI=1S/C15H27N3/c1-14(2)18(3)13-5-4-9-16-10-6-15-7-11-17-12-8-15/h7-8,11-12,14,16H,4-6,9-10,13H2,1-3H3. The van der Waals surface area contributed by atoms with Gasteiger partial charge >= 0.3 is 0 Å². The summed E-state index contributed by atoms with van der Waals surface area (Å²) in [6.07, 6.45) is 7.34. The highest BCUT2D eigenvalue weighted by molar-refractivity contribution is 5.09. The molecular weight excluding hydrogens is 222 g/mol. The Hall–Kier alpha value is -0.930. The van der Waals surface area contributed by atoms with Gasteiger partial charge in [-0.3, -0.25) is 4.98 Å². The van der Waals surface area contributed by atoms with Crippen LogP contribution in [0.4, 0.5) is 0 Å². The van der Waals surface area contributed by atoms with Crippen LogP contribution in [-0.4, -0.2) is 42.6 Å². The zero-order chi connectivity index (χ0) is 13.2. The Balaban J connectivity index is 1.93. The smallest absolute Gasteiger partial charge is 0.0270 e. The molecule has 0 fully saturated rings. The Morgan fingerprint density at radius 3 is 2.56 bits per heavy atom. The quantitative estimate of drug-likeness (QED) is 0.681. The van der Waals surface area contributed by atoms with Gasteiger partial charge in [-0.1, -0.05) is 0 Å². The fourth-order valence-corrected chi connectivity index (χ4v) is 1.78. The first-order valence-corrected chi connectivity index (χ1v) is 7.00. The van der Waals surface area contributed by atoms with E-state index in [1.807, 2.05) is 12.4 Å². The molecule has 0 saturated heterocycles. The number of rotatable bonds is 9. The predicted molar refractivity (Wildman–Crippen MR) is 77.8 cm³/mol. The van der Waals surface area contributed by atoms with Crippen LogP contribution < -0.4 is 5.32 Å². The number of unbranched alkanes of at least 4 members (excludes halogenated alkanes) is 1. The number of hydrogen-bond donors (Lipinski definition) is 1. The molecule has 0 aromatic carbocycles. The molecule has 1 aromatic heterocycles. The third-order valence-electron chi connectivity index (χ3n) is 3.34. The van der Waals surface area contributed by atoms with E-state index in [1.165, 1.54) is 24.9 Å². The molecule has 1 rings (SSSR count). The van der Waals surface area contributed by atoms with Crippen LogP contribution >= 0.6 is 0 Å².